The molecule has 0 aromatic heterocycles. The lowest BCUT2D eigenvalue weighted by molar-refractivity contribution is -0.384. The van der Waals surface area contributed by atoms with Crippen molar-refractivity contribution < 1.29 is 14.5 Å². The lowest BCUT2D eigenvalue weighted by atomic mass is 9.92. The minimum atomic E-state index is -0.546. The van der Waals surface area contributed by atoms with Crippen LogP contribution >= 0.6 is 0 Å². The summed E-state index contributed by atoms with van der Waals surface area (Å²) in [5.74, 6) is -0.288. The lowest BCUT2D eigenvalue weighted by Crippen LogP contribution is -2.53. The Hall–Kier alpha value is -3.22. The first-order chi connectivity index (χ1) is 13.5. The van der Waals surface area contributed by atoms with Gasteiger partial charge in [-0.15, -0.1) is 0 Å². The molecule has 4 rings (SSSR count). The molecule has 2 aliphatic heterocycles. The van der Waals surface area contributed by atoms with E-state index in [1.807, 2.05) is 29.2 Å². The number of non-ortho nitro benzene ring substituents is 1. The molecule has 7 heteroatoms. The predicted octanol–water partition coefficient (Wildman–Crippen LogP) is 2.78. The number of hydrogen-bond donors (Lipinski definition) is 0. The predicted molar refractivity (Wildman–Crippen MR) is 103 cm³/mol. The average Bonchev–Trinajstić information content (AvgIpc) is 3.26. The third-order valence-electron chi connectivity index (χ3n) is 5.54. The lowest BCUT2D eigenvalue weighted by Gasteiger charge is -2.38. The van der Waals surface area contributed by atoms with E-state index in [2.05, 4.69) is 0 Å². The second kappa shape index (κ2) is 7.42. The molecule has 2 heterocycles. The number of likely N-dealkylation sites (tertiary alicyclic amines) is 1. The topological polar surface area (TPSA) is 83.8 Å². The molecule has 28 heavy (non-hydrogen) atoms. The summed E-state index contributed by atoms with van der Waals surface area (Å²) in [5.41, 5.74) is 2.41. The Morgan fingerprint density at radius 1 is 0.964 bits per heavy atom. The van der Waals surface area contributed by atoms with E-state index in [-0.39, 0.29) is 17.5 Å². The van der Waals surface area contributed by atoms with Crippen molar-refractivity contribution in [1.82, 2.24) is 9.80 Å². The maximum absolute atomic E-state index is 13.2. The molecule has 2 aliphatic rings. The van der Waals surface area contributed by atoms with Crippen LogP contribution in [0.5, 0.6) is 0 Å². The van der Waals surface area contributed by atoms with Gasteiger partial charge in [-0.05, 0) is 36.1 Å². The molecule has 0 spiro atoms. The number of benzene rings is 2. The Kier molecular flexibility index (Phi) is 4.81. The monoisotopic (exact) mass is 379 g/mol. The van der Waals surface area contributed by atoms with E-state index in [0.717, 1.165) is 37.1 Å². The summed E-state index contributed by atoms with van der Waals surface area (Å²) in [6, 6.07) is 12.9. The fraction of sp³-hybridized carbons (Fsp3) is 0.333. The number of amides is 2. The standard InChI is InChI=1S/C21H21N3O4/c25-20(15-7-9-18(10-8-15)24(27)28)23-14-17-6-2-1-5-16(17)13-19(23)21(26)22-11-3-4-12-22/h1-2,5-10,19H,3-4,11-14H2/t19-/m0/s1. The van der Waals surface area contributed by atoms with E-state index in [1.54, 1.807) is 4.90 Å². The fourth-order valence-electron chi connectivity index (χ4n) is 4.00. The Morgan fingerprint density at radius 2 is 1.61 bits per heavy atom. The van der Waals surface area contributed by atoms with Crippen LogP contribution in [0.3, 0.4) is 0 Å². The van der Waals surface area contributed by atoms with E-state index in [9.17, 15) is 19.7 Å². The van der Waals surface area contributed by atoms with Crippen molar-refractivity contribution >= 4 is 17.5 Å². The van der Waals surface area contributed by atoms with E-state index < -0.39 is 11.0 Å². The second-order valence-electron chi connectivity index (χ2n) is 7.26. The molecule has 0 bridgehead atoms. The van der Waals surface area contributed by atoms with Crippen LogP contribution in [0.4, 0.5) is 5.69 Å². The van der Waals surface area contributed by atoms with Gasteiger partial charge in [0.05, 0.1) is 4.92 Å². The summed E-state index contributed by atoms with van der Waals surface area (Å²) in [4.78, 5) is 40.2. The van der Waals surface area contributed by atoms with Crippen molar-refractivity contribution in [3.05, 3.63) is 75.3 Å². The van der Waals surface area contributed by atoms with Gasteiger partial charge >= 0.3 is 0 Å². The maximum atomic E-state index is 13.2. The summed E-state index contributed by atoms with van der Waals surface area (Å²) >= 11 is 0. The van der Waals surface area contributed by atoms with Crippen molar-refractivity contribution in [2.45, 2.75) is 31.8 Å². The Labute approximate surface area is 162 Å². The number of nitrogens with zero attached hydrogens (tertiary/aromatic N) is 3. The van der Waals surface area contributed by atoms with Crippen LogP contribution in [0, 0.1) is 10.1 Å². The highest BCUT2D eigenvalue weighted by atomic mass is 16.6. The molecular formula is C21H21N3O4. The Morgan fingerprint density at radius 3 is 2.25 bits per heavy atom. The zero-order valence-corrected chi connectivity index (χ0v) is 15.4. The van der Waals surface area contributed by atoms with Gasteiger partial charge in [0.1, 0.15) is 6.04 Å². The third kappa shape index (κ3) is 3.35. The van der Waals surface area contributed by atoms with Gasteiger partial charge in [0, 0.05) is 43.8 Å². The minimum absolute atomic E-state index is 0.0118. The van der Waals surface area contributed by atoms with Gasteiger partial charge in [-0.3, -0.25) is 19.7 Å². The molecule has 144 valence electrons. The van der Waals surface area contributed by atoms with Gasteiger partial charge in [-0.2, -0.15) is 0 Å². The number of carbonyl (C=O) groups is 2. The third-order valence-corrected chi connectivity index (χ3v) is 5.54. The minimum Gasteiger partial charge on any atom is -0.341 e. The number of fused-ring (bicyclic) bond motifs is 1. The number of hydrogen-bond acceptors (Lipinski definition) is 4. The normalized spacial score (nSPS) is 18.6. The van der Waals surface area contributed by atoms with Crippen molar-refractivity contribution in [3.63, 3.8) is 0 Å². The fourth-order valence-corrected chi connectivity index (χ4v) is 4.00. The molecule has 1 fully saturated rings. The molecule has 1 atom stereocenters. The Balaban J connectivity index is 1.65. The van der Waals surface area contributed by atoms with Gasteiger partial charge in [0.25, 0.3) is 11.6 Å². The number of carbonyl (C=O) groups excluding carboxylic acids is 2. The van der Waals surface area contributed by atoms with Crippen molar-refractivity contribution in [1.29, 1.82) is 0 Å². The molecule has 0 unspecified atom stereocenters. The molecule has 0 radical (unpaired) electrons. The van der Waals surface area contributed by atoms with Crippen molar-refractivity contribution in [2.75, 3.05) is 13.1 Å². The molecule has 2 aromatic rings. The van der Waals surface area contributed by atoms with Crippen LogP contribution in [-0.2, 0) is 17.8 Å². The first-order valence-electron chi connectivity index (χ1n) is 9.45. The van der Waals surface area contributed by atoms with Crippen LogP contribution in [0.15, 0.2) is 48.5 Å². The van der Waals surface area contributed by atoms with Gasteiger partial charge in [0.2, 0.25) is 5.91 Å². The van der Waals surface area contributed by atoms with Gasteiger partial charge in [-0.1, -0.05) is 24.3 Å². The molecule has 0 saturated carbocycles. The van der Waals surface area contributed by atoms with Crippen LogP contribution in [0.1, 0.15) is 34.3 Å². The zero-order chi connectivity index (χ0) is 19.7. The van der Waals surface area contributed by atoms with Crippen LogP contribution in [0.25, 0.3) is 0 Å². The second-order valence-corrected chi connectivity index (χ2v) is 7.26. The van der Waals surface area contributed by atoms with Gasteiger partial charge in [-0.25, -0.2) is 0 Å². The molecule has 2 aromatic carbocycles. The number of rotatable bonds is 3. The molecular weight excluding hydrogens is 358 g/mol. The largest absolute Gasteiger partial charge is 0.341 e. The first kappa shape index (κ1) is 18.2. The quantitative estimate of drug-likeness (QED) is 0.606. The van der Waals surface area contributed by atoms with E-state index in [1.165, 1.54) is 24.3 Å². The number of nitro benzene ring substituents is 1. The summed E-state index contributed by atoms with van der Waals surface area (Å²) in [7, 11) is 0. The van der Waals surface area contributed by atoms with E-state index >= 15 is 0 Å². The molecule has 0 N–H and O–H groups in total. The Bertz CT molecular complexity index is 920. The van der Waals surface area contributed by atoms with Crippen molar-refractivity contribution in [2.24, 2.45) is 0 Å². The van der Waals surface area contributed by atoms with Crippen molar-refractivity contribution in [3.8, 4) is 0 Å². The summed E-state index contributed by atoms with van der Waals surface area (Å²) in [6.45, 7) is 1.82. The summed E-state index contributed by atoms with van der Waals surface area (Å²) in [6.07, 6.45) is 2.47. The highest BCUT2D eigenvalue weighted by molar-refractivity contribution is 5.98. The average molecular weight is 379 g/mol. The van der Waals surface area contributed by atoms with Gasteiger partial charge in [0.15, 0.2) is 0 Å². The van der Waals surface area contributed by atoms with E-state index in [0.29, 0.717) is 18.5 Å². The summed E-state index contributed by atoms with van der Waals surface area (Å²) in [5, 5.41) is 10.9. The molecule has 1 saturated heterocycles. The van der Waals surface area contributed by atoms with E-state index in [4.69, 9.17) is 0 Å². The SMILES string of the molecule is O=C([C@@H]1Cc2ccccc2CN1C(=O)c1ccc([N+](=O)[O-])cc1)N1CCCC1. The van der Waals surface area contributed by atoms with Crippen LogP contribution in [0.2, 0.25) is 0 Å². The smallest absolute Gasteiger partial charge is 0.269 e. The number of nitro groups is 1. The van der Waals surface area contributed by atoms with Gasteiger partial charge < -0.3 is 9.80 Å². The summed E-state index contributed by atoms with van der Waals surface area (Å²) < 4.78 is 0. The zero-order valence-electron chi connectivity index (χ0n) is 15.4. The highest BCUT2D eigenvalue weighted by Gasteiger charge is 2.37. The maximum Gasteiger partial charge on any atom is 0.269 e. The molecule has 2 amide bonds. The highest BCUT2D eigenvalue weighted by Crippen LogP contribution is 2.27. The molecule has 7 nitrogen and oxygen atoms in total. The van der Waals surface area contributed by atoms with Crippen LogP contribution < -0.4 is 0 Å². The first-order valence-corrected chi connectivity index (χ1v) is 9.45. The van der Waals surface area contributed by atoms with Crippen LogP contribution in [-0.4, -0.2) is 45.7 Å². The molecule has 0 aliphatic carbocycles.